The van der Waals surface area contributed by atoms with Crippen LogP contribution in [0, 0.1) is 5.92 Å². The van der Waals surface area contributed by atoms with Crippen LogP contribution in [0.3, 0.4) is 0 Å². The van der Waals surface area contributed by atoms with Gasteiger partial charge >= 0.3 is 5.97 Å². The standard InChI is InChI=1S/C23H24ClNO3/c24-21-9-14(1-6-19(21)15-2-3-15)13-28-18-5-7-20-16(10-18)4-8-22(20)25-11-17(12-25)23(26)27/h1,5-7,9-10,15,17,22H,2-4,8,11-13H2,(H,26,27). The number of aliphatic carboxylic acids is 1. The number of halogens is 1. The quantitative estimate of drug-likeness (QED) is 0.760. The number of ether oxygens (including phenoxy) is 1. The van der Waals surface area contributed by atoms with Gasteiger partial charge in [0, 0.05) is 24.2 Å². The summed E-state index contributed by atoms with van der Waals surface area (Å²) in [5.74, 6) is 0.659. The Morgan fingerprint density at radius 2 is 1.89 bits per heavy atom. The highest BCUT2D eigenvalue weighted by Gasteiger charge is 2.39. The second-order valence-corrected chi connectivity index (χ2v) is 8.73. The van der Waals surface area contributed by atoms with Gasteiger partial charge in [0.1, 0.15) is 12.4 Å². The van der Waals surface area contributed by atoms with Crippen LogP contribution in [0.2, 0.25) is 5.02 Å². The molecule has 2 aromatic carbocycles. The second kappa shape index (κ2) is 7.09. The molecule has 3 aliphatic rings. The Hall–Kier alpha value is -2.04. The molecule has 5 rings (SSSR count). The van der Waals surface area contributed by atoms with Crippen molar-refractivity contribution in [2.75, 3.05) is 13.1 Å². The molecule has 1 saturated carbocycles. The van der Waals surface area contributed by atoms with Crippen molar-refractivity contribution in [3.05, 3.63) is 63.7 Å². The fraction of sp³-hybridized carbons (Fsp3) is 0.435. The highest BCUT2D eigenvalue weighted by molar-refractivity contribution is 6.31. The van der Waals surface area contributed by atoms with E-state index in [1.54, 1.807) is 0 Å². The second-order valence-electron chi connectivity index (χ2n) is 8.32. The van der Waals surface area contributed by atoms with Crippen LogP contribution < -0.4 is 4.74 Å². The van der Waals surface area contributed by atoms with Crippen LogP contribution in [0.1, 0.15) is 53.5 Å². The number of benzene rings is 2. The minimum Gasteiger partial charge on any atom is -0.489 e. The van der Waals surface area contributed by atoms with Crippen molar-refractivity contribution >= 4 is 17.6 Å². The molecule has 0 aromatic heterocycles. The summed E-state index contributed by atoms with van der Waals surface area (Å²) in [5, 5.41) is 9.95. The Morgan fingerprint density at radius 3 is 2.61 bits per heavy atom. The number of nitrogens with zero attached hydrogens (tertiary/aromatic N) is 1. The average Bonchev–Trinajstić information content (AvgIpc) is 3.39. The van der Waals surface area contributed by atoms with E-state index in [0.717, 1.165) is 29.2 Å². The number of hydrogen-bond acceptors (Lipinski definition) is 3. The Balaban J connectivity index is 1.22. The van der Waals surface area contributed by atoms with E-state index >= 15 is 0 Å². The van der Waals surface area contributed by atoms with Crippen molar-refractivity contribution in [3.8, 4) is 5.75 Å². The molecular formula is C23H24ClNO3. The number of rotatable bonds is 6. The minimum atomic E-state index is -0.677. The van der Waals surface area contributed by atoms with Gasteiger partial charge in [-0.15, -0.1) is 0 Å². The van der Waals surface area contributed by atoms with Crippen LogP contribution in [-0.4, -0.2) is 29.1 Å². The third-order valence-electron chi connectivity index (χ3n) is 6.35. The number of carboxylic acids is 1. The summed E-state index contributed by atoms with van der Waals surface area (Å²) in [7, 11) is 0. The zero-order chi connectivity index (χ0) is 19.3. The van der Waals surface area contributed by atoms with Gasteiger partial charge in [-0.25, -0.2) is 0 Å². The zero-order valence-electron chi connectivity index (χ0n) is 15.7. The van der Waals surface area contributed by atoms with E-state index in [4.69, 9.17) is 21.4 Å². The summed E-state index contributed by atoms with van der Waals surface area (Å²) >= 11 is 6.42. The molecule has 1 unspecified atom stereocenters. The van der Waals surface area contributed by atoms with Gasteiger partial charge in [-0.1, -0.05) is 29.8 Å². The predicted molar refractivity (Wildman–Crippen MR) is 108 cm³/mol. The number of likely N-dealkylation sites (tertiary alicyclic amines) is 1. The molecule has 2 aliphatic carbocycles. The van der Waals surface area contributed by atoms with E-state index in [1.807, 2.05) is 12.1 Å². The van der Waals surface area contributed by atoms with Gasteiger partial charge in [0.15, 0.2) is 0 Å². The van der Waals surface area contributed by atoms with Gasteiger partial charge in [0.25, 0.3) is 0 Å². The number of carboxylic acid groups (broad SMARTS) is 1. The molecule has 1 atom stereocenters. The van der Waals surface area contributed by atoms with E-state index in [9.17, 15) is 4.79 Å². The molecule has 2 aromatic rings. The summed E-state index contributed by atoms with van der Waals surface area (Å²) in [6.07, 6.45) is 4.58. The number of aryl methyl sites for hydroxylation is 1. The van der Waals surface area contributed by atoms with E-state index < -0.39 is 5.97 Å². The largest absolute Gasteiger partial charge is 0.489 e. The van der Waals surface area contributed by atoms with Crippen LogP contribution >= 0.6 is 11.6 Å². The molecule has 1 heterocycles. The lowest BCUT2D eigenvalue weighted by atomic mass is 9.95. The van der Waals surface area contributed by atoms with Crippen LogP contribution in [0.25, 0.3) is 0 Å². The maximum atomic E-state index is 11.0. The third kappa shape index (κ3) is 3.40. The number of carbonyl (C=O) groups is 1. The summed E-state index contributed by atoms with van der Waals surface area (Å²) in [6, 6.07) is 13.0. The lowest BCUT2D eigenvalue weighted by Crippen LogP contribution is -2.51. The lowest BCUT2D eigenvalue weighted by Gasteiger charge is -2.41. The highest BCUT2D eigenvalue weighted by Crippen LogP contribution is 2.43. The van der Waals surface area contributed by atoms with Crippen molar-refractivity contribution in [1.82, 2.24) is 4.90 Å². The molecule has 0 amide bonds. The van der Waals surface area contributed by atoms with Gasteiger partial charge in [0.2, 0.25) is 0 Å². The van der Waals surface area contributed by atoms with Crippen LogP contribution in [-0.2, 0) is 17.8 Å². The van der Waals surface area contributed by atoms with Crippen LogP contribution in [0.4, 0.5) is 0 Å². The van der Waals surface area contributed by atoms with E-state index in [0.29, 0.717) is 31.7 Å². The summed E-state index contributed by atoms with van der Waals surface area (Å²) < 4.78 is 6.02. The monoisotopic (exact) mass is 397 g/mol. The van der Waals surface area contributed by atoms with Crippen molar-refractivity contribution in [2.45, 2.75) is 44.2 Å². The SMILES string of the molecule is O=C(O)C1CN(C2CCc3cc(OCc4ccc(C5CC5)c(Cl)c4)ccc32)C1. The molecular weight excluding hydrogens is 374 g/mol. The summed E-state index contributed by atoms with van der Waals surface area (Å²) in [5.41, 5.74) is 5.01. The average molecular weight is 398 g/mol. The number of fused-ring (bicyclic) bond motifs is 1. The normalized spacial score (nSPS) is 22.0. The first-order valence-electron chi connectivity index (χ1n) is 10.1. The van der Waals surface area contributed by atoms with Crippen molar-refractivity contribution < 1.29 is 14.6 Å². The van der Waals surface area contributed by atoms with Gasteiger partial charge in [-0.2, -0.15) is 0 Å². The summed E-state index contributed by atoms with van der Waals surface area (Å²) in [6.45, 7) is 1.84. The zero-order valence-corrected chi connectivity index (χ0v) is 16.5. The molecule has 146 valence electrons. The van der Waals surface area contributed by atoms with E-state index in [2.05, 4.69) is 29.2 Å². The van der Waals surface area contributed by atoms with Crippen molar-refractivity contribution in [2.24, 2.45) is 5.92 Å². The minimum absolute atomic E-state index is 0.204. The first kappa shape index (κ1) is 18.0. The summed E-state index contributed by atoms with van der Waals surface area (Å²) in [4.78, 5) is 13.3. The highest BCUT2D eigenvalue weighted by atomic mass is 35.5. The molecule has 1 saturated heterocycles. The fourth-order valence-electron chi connectivity index (χ4n) is 4.52. The predicted octanol–water partition coefficient (Wildman–Crippen LogP) is 4.80. The topological polar surface area (TPSA) is 49.8 Å². The Morgan fingerprint density at radius 1 is 1.11 bits per heavy atom. The molecule has 1 N–H and O–H groups in total. The van der Waals surface area contributed by atoms with E-state index in [1.165, 1.54) is 29.5 Å². The van der Waals surface area contributed by atoms with Gasteiger partial charge in [-0.3, -0.25) is 9.69 Å². The van der Waals surface area contributed by atoms with Crippen LogP contribution in [0.15, 0.2) is 36.4 Å². The maximum absolute atomic E-state index is 11.0. The molecule has 5 heteroatoms. The first-order valence-corrected chi connectivity index (χ1v) is 10.5. The Labute approximate surface area is 170 Å². The van der Waals surface area contributed by atoms with Gasteiger partial charge in [-0.05, 0) is 72.1 Å². The lowest BCUT2D eigenvalue weighted by molar-refractivity contribution is -0.148. The van der Waals surface area contributed by atoms with Crippen LogP contribution in [0.5, 0.6) is 5.75 Å². The maximum Gasteiger partial charge on any atom is 0.309 e. The molecule has 0 radical (unpaired) electrons. The molecule has 0 bridgehead atoms. The molecule has 2 fully saturated rings. The first-order chi connectivity index (χ1) is 13.6. The molecule has 1 aliphatic heterocycles. The number of hydrogen-bond donors (Lipinski definition) is 1. The smallest absolute Gasteiger partial charge is 0.309 e. The third-order valence-corrected chi connectivity index (χ3v) is 6.68. The van der Waals surface area contributed by atoms with Crippen molar-refractivity contribution in [3.63, 3.8) is 0 Å². The fourth-order valence-corrected chi connectivity index (χ4v) is 4.87. The molecule has 28 heavy (non-hydrogen) atoms. The molecule has 4 nitrogen and oxygen atoms in total. The Kier molecular flexibility index (Phi) is 4.56. The van der Waals surface area contributed by atoms with Crippen molar-refractivity contribution in [1.29, 1.82) is 0 Å². The van der Waals surface area contributed by atoms with E-state index in [-0.39, 0.29) is 5.92 Å². The Bertz CT molecular complexity index is 918. The van der Waals surface area contributed by atoms with Gasteiger partial charge in [0.05, 0.1) is 5.92 Å². The molecule has 0 spiro atoms. The van der Waals surface area contributed by atoms with Gasteiger partial charge < -0.3 is 9.84 Å².